The molecule has 23 heavy (non-hydrogen) atoms. The lowest BCUT2D eigenvalue weighted by molar-refractivity contribution is -0.137. The Morgan fingerprint density at radius 3 is 1.35 bits per heavy atom. The van der Waals surface area contributed by atoms with Crippen molar-refractivity contribution in [2.75, 3.05) is 6.54 Å². The van der Waals surface area contributed by atoms with Crippen LogP contribution >= 0.6 is 0 Å². The van der Waals surface area contributed by atoms with Crippen molar-refractivity contribution in [1.29, 1.82) is 0 Å². The van der Waals surface area contributed by atoms with Gasteiger partial charge in [-0.2, -0.15) is 0 Å². The van der Waals surface area contributed by atoms with Crippen molar-refractivity contribution in [2.24, 2.45) is 4.99 Å². The fraction of sp³-hybridized carbons (Fsp3) is 0.895. The molecular formula is C19H35NO3. The summed E-state index contributed by atoms with van der Waals surface area (Å²) in [6.07, 6.45) is 20.4. The molecule has 0 aliphatic heterocycles. The predicted molar refractivity (Wildman–Crippen MR) is 94.5 cm³/mol. The van der Waals surface area contributed by atoms with Gasteiger partial charge >= 0.3 is 5.97 Å². The van der Waals surface area contributed by atoms with Crippen LogP contribution in [0.4, 0.5) is 0 Å². The van der Waals surface area contributed by atoms with E-state index in [0.717, 1.165) is 19.3 Å². The first-order chi connectivity index (χ1) is 11.3. The molecular weight excluding hydrogens is 290 g/mol. The summed E-state index contributed by atoms with van der Waals surface area (Å²) in [5.41, 5.74) is 0. The number of aliphatic carboxylic acids is 1. The van der Waals surface area contributed by atoms with Gasteiger partial charge in [-0.3, -0.25) is 4.79 Å². The zero-order valence-corrected chi connectivity index (χ0v) is 14.7. The van der Waals surface area contributed by atoms with Crippen LogP contribution in [0.3, 0.4) is 0 Å². The maximum absolute atomic E-state index is 10.4. The first-order valence-electron chi connectivity index (χ1n) is 9.53. The summed E-state index contributed by atoms with van der Waals surface area (Å²) in [5, 5.41) is 8.53. The van der Waals surface area contributed by atoms with Gasteiger partial charge in [0, 0.05) is 6.42 Å². The molecule has 0 aromatic heterocycles. The fourth-order valence-corrected chi connectivity index (χ4v) is 2.81. The number of carboxylic acids is 1. The third-order valence-electron chi connectivity index (χ3n) is 4.23. The number of carboxylic acid groups (broad SMARTS) is 1. The van der Waals surface area contributed by atoms with Gasteiger partial charge in [0.2, 0.25) is 6.08 Å². The molecule has 1 N–H and O–H groups in total. The van der Waals surface area contributed by atoms with Crippen LogP contribution in [0.25, 0.3) is 0 Å². The van der Waals surface area contributed by atoms with Crippen LogP contribution in [0.2, 0.25) is 0 Å². The number of isocyanates is 1. The van der Waals surface area contributed by atoms with Crippen LogP contribution in [-0.4, -0.2) is 23.7 Å². The number of carbonyl (C=O) groups is 1. The van der Waals surface area contributed by atoms with Crippen molar-refractivity contribution in [2.45, 2.75) is 103 Å². The molecule has 0 heterocycles. The van der Waals surface area contributed by atoms with Gasteiger partial charge < -0.3 is 5.11 Å². The van der Waals surface area contributed by atoms with Crippen molar-refractivity contribution in [3.05, 3.63) is 0 Å². The van der Waals surface area contributed by atoms with E-state index in [4.69, 9.17) is 5.11 Å². The molecule has 0 bridgehead atoms. The molecule has 0 rings (SSSR count). The van der Waals surface area contributed by atoms with Crippen molar-refractivity contribution in [3.63, 3.8) is 0 Å². The highest BCUT2D eigenvalue weighted by atomic mass is 16.4. The standard InChI is InChI=1S/C19H35NO3/c21-18-20-17-15-13-11-9-7-5-3-1-2-4-6-8-10-12-14-16-19(22)23/h1-17H2,(H,22,23). The van der Waals surface area contributed by atoms with E-state index in [0.29, 0.717) is 13.0 Å². The second kappa shape index (κ2) is 18.9. The predicted octanol–water partition coefficient (Wildman–Crippen LogP) is 5.65. The molecule has 0 aliphatic rings. The molecule has 0 radical (unpaired) electrons. The summed E-state index contributed by atoms with van der Waals surface area (Å²) in [7, 11) is 0. The Morgan fingerprint density at radius 1 is 0.652 bits per heavy atom. The fourth-order valence-electron chi connectivity index (χ4n) is 2.81. The molecule has 0 aromatic rings. The lowest BCUT2D eigenvalue weighted by atomic mass is 10.0. The van der Waals surface area contributed by atoms with Crippen molar-refractivity contribution in [3.8, 4) is 0 Å². The molecule has 0 spiro atoms. The topological polar surface area (TPSA) is 66.7 Å². The monoisotopic (exact) mass is 325 g/mol. The minimum absolute atomic E-state index is 0.326. The number of nitrogens with zero attached hydrogens (tertiary/aromatic N) is 1. The number of hydrogen-bond donors (Lipinski definition) is 1. The van der Waals surface area contributed by atoms with E-state index >= 15 is 0 Å². The third kappa shape index (κ3) is 20.9. The molecule has 0 amide bonds. The first kappa shape index (κ1) is 21.9. The first-order valence-corrected chi connectivity index (χ1v) is 9.53. The summed E-state index contributed by atoms with van der Waals surface area (Å²) in [5.74, 6) is -0.669. The largest absolute Gasteiger partial charge is 0.481 e. The minimum atomic E-state index is -0.669. The van der Waals surface area contributed by atoms with Crippen LogP contribution in [0.15, 0.2) is 4.99 Å². The Bertz CT molecular complexity index is 296. The van der Waals surface area contributed by atoms with Crippen LogP contribution in [-0.2, 0) is 9.59 Å². The van der Waals surface area contributed by atoms with Crippen molar-refractivity contribution < 1.29 is 14.7 Å². The van der Waals surface area contributed by atoms with Gasteiger partial charge in [-0.05, 0) is 12.8 Å². The molecule has 4 nitrogen and oxygen atoms in total. The molecule has 0 saturated heterocycles. The quantitative estimate of drug-likeness (QED) is 0.201. The van der Waals surface area contributed by atoms with Gasteiger partial charge in [-0.1, -0.05) is 83.5 Å². The van der Waals surface area contributed by atoms with Crippen LogP contribution in [0, 0.1) is 0 Å². The van der Waals surface area contributed by atoms with Gasteiger partial charge in [-0.15, -0.1) is 0 Å². The lowest BCUT2D eigenvalue weighted by Gasteiger charge is -2.03. The SMILES string of the molecule is O=C=NCCCCCCCCCCCCCCCCCC(=O)O. The normalized spacial score (nSPS) is 10.4. The van der Waals surface area contributed by atoms with E-state index in [1.807, 2.05) is 0 Å². The Morgan fingerprint density at radius 2 is 1.00 bits per heavy atom. The minimum Gasteiger partial charge on any atom is -0.481 e. The molecule has 0 aliphatic carbocycles. The van der Waals surface area contributed by atoms with Crippen LogP contribution in [0.5, 0.6) is 0 Å². The summed E-state index contributed by atoms with van der Waals surface area (Å²) in [6, 6.07) is 0. The Balaban J connectivity index is 3.00. The molecule has 0 unspecified atom stereocenters. The van der Waals surface area contributed by atoms with E-state index in [9.17, 15) is 9.59 Å². The van der Waals surface area contributed by atoms with E-state index in [1.165, 1.54) is 77.0 Å². The van der Waals surface area contributed by atoms with Crippen molar-refractivity contribution in [1.82, 2.24) is 0 Å². The number of aliphatic imine (C=N–C) groups is 1. The van der Waals surface area contributed by atoms with E-state index < -0.39 is 5.97 Å². The number of hydrogen-bond acceptors (Lipinski definition) is 3. The number of rotatable bonds is 18. The highest BCUT2D eigenvalue weighted by molar-refractivity contribution is 5.66. The van der Waals surface area contributed by atoms with Crippen molar-refractivity contribution >= 4 is 12.0 Å². The van der Waals surface area contributed by atoms with E-state index in [-0.39, 0.29) is 0 Å². The van der Waals surface area contributed by atoms with Gasteiger partial charge in [-0.25, -0.2) is 9.79 Å². The summed E-state index contributed by atoms with van der Waals surface area (Å²) in [6.45, 7) is 0.642. The highest BCUT2D eigenvalue weighted by Crippen LogP contribution is 2.13. The van der Waals surface area contributed by atoms with Gasteiger partial charge in [0.15, 0.2) is 0 Å². The lowest BCUT2D eigenvalue weighted by Crippen LogP contribution is -1.93. The molecule has 0 saturated carbocycles. The summed E-state index contributed by atoms with van der Waals surface area (Å²) in [4.78, 5) is 23.8. The summed E-state index contributed by atoms with van der Waals surface area (Å²) >= 11 is 0. The molecule has 4 heteroatoms. The molecule has 0 aromatic carbocycles. The summed E-state index contributed by atoms with van der Waals surface area (Å²) < 4.78 is 0. The van der Waals surface area contributed by atoms with Gasteiger partial charge in [0.1, 0.15) is 0 Å². The highest BCUT2D eigenvalue weighted by Gasteiger charge is 1.97. The van der Waals surface area contributed by atoms with Gasteiger partial charge in [0.05, 0.1) is 6.54 Å². The zero-order valence-electron chi connectivity index (χ0n) is 14.7. The van der Waals surface area contributed by atoms with E-state index in [1.54, 1.807) is 6.08 Å². The third-order valence-corrected chi connectivity index (χ3v) is 4.23. The Labute approximate surface area is 141 Å². The Hall–Kier alpha value is -1.15. The maximum Gasteiger partial charge on any atom is 0.303 e. The van der Waals surface area contributed by atoms with E-state index in [2.05, 4.69) is 4.99 Å². The zero-order chi connectivity index (χ0) is 17.0. The average molecular weight is 325 g/mol. The Kier molecular flexibility index (Phi) is 18.0. The second-order valence-corrected chi connectivity index (χ2v) is 6.42. The average Bonchev–Trinajstić information content (AvgIpc) is 2.53. The molecule has 0 fully saturated rings. The smallest absolute Gasteiger partial charge is 0.303 e. The molecule has 0 atom stereocenters. The van der Waals surface area contributed by atoms with Gasteiger partial charge in [0.25, 0.3) is 0 Å². The van der Waals surface area contributed by atoms with Crippen LogP contribution in [0.1, 0.15) is 103 Å². The maximum atomic E-state index is 10.4. The molecule has 134 valence electrons. The number of unbranched alkanes of at least 4 members (excludes halogenated alkanes) is 14. The second-order valence-electron chi connectivity index (χ2n) is 6.42. The number of carbonyl (C=O) groups excluding carboxylic acids is 1. The van der Waals surface area contributed by atoms with Crippen LogP contribution < -0.4 is 0 Å².